The van der Waals surface area contributed by atoms with Crippen LogP contribution in [-0.2, 0) is 9.59 Å². The summed E-state index contributed by atoms with van der Waals surface area (Å²) in [7, 11) is 0. The Hall–Kier alpha value is -2.57. The van der Waals surface area contributed by atoms with E-state index in [1.165, 1.54) is 0 Å². The number of benzene rings is 1. The summed E-state index contributed by atoms with van der Waals surface area (Å²) in [4.78, 5) is 34.9. The molecule has 134 valence electrons. The van der Waals surface area contributed by atoms with Crippen LogP contribution in [0.1, 0.15) is 38.5 Å². The molecule has 1 aromatic carbocycles. The number of carboxylic acid groups (broad SMARTS) is 1. The summed E-state index contributed by atoms with van der Waals surface area (Å²) < 4.78 is 0. The Bertz CT molecular complexity index is 647. The van der Waals surface area contributed by atoms with Gasteiger partial charge in [-0.3, -0.25) is 9.59 Å². The monoisotopic (exact) mass is 345 g/mol. The second-order valence-electron chi connectivity index (χ2n) is 6.83. The van der Waals surface area contributed by atoms with Crippen LogP contribution in [-0.4, -0.2) is 29.1 Å². The minimum Gasteiger partial charge on any atom is -0.481 e. The van der Waals surface area contributed by atoms with Crippen molar-refractivity contribution in [3.63, 3.8) is 0 Å². The van der Waals surface area contributed by atoms with Gasteiger partial charge in [-0.2, -0.15) is 0 Å². The number of nitrogens with one attached hydrogen (secondary N) is 3. The van der Waals surface area contributed by atoms with Crippen molar-refractivity contribution in [2.45, 2.75) is 44.6 Å². The number of hydrogen-bond acceptors (Lipinski definition) is 3. The van der Waals surface area contributed by atoms with Gasteiger partial charge in [-0.25, -0.2) is 4.79 Å². The highest BCUT2D eigenvalue weighted by Gasteiger charge is 2.29. The van der Waals surface area contributed by atoms with Gasteiger partial charge in [0.1, 0.15) is 0 Å². The normalized spacial score (nSPS) is 22.7. The number of carboxylic acids is 1. The largest absolute Gasteiger partial charge is 0.481 e. The van der Waals surface area contributed by atoms with Crippen molar-refractivity contribution in [3.8, 4) is 0 Å². The number of hydrogen-bond donors (Lipinski definition) is 4. The summed E-state index contributed by atoms with van der Waals surface area (Å²) in [5.41, 5.74) is 1.33. The van der Waals surface area contributed by atoms with Crippen LogP contribution in [0.4, 0.5) is 16.2 Å². The van der Waals surface area contributed by atoms with E-state index in [1.54, 1.807) is 24.3 Å². The van der Waals surface area contributed by atoms with Crippen LogP contribution in [0.15, 0.2) is 24.3 Å². The third-order valence-corrected chi connectivity index (χ3v) is 4.77. The van der Waals surface area contributed by atoms with Crippen LogP contribution in [0.5, 0.6) is 0 Å². The van der Waals surface area contributed by atoms with Crippen molar-refractivity contribution in [1.82, 2.24) is 5.32 Å². The molecule has 2 aliphatic rings. The molecule has 0 bridgehead atoms. The number of rotatable bonds is 5. The highest BCUT2D eigenvalue weighted by Crippen LogP contribution is 2.30. The maximum atomic E-state index is 12.3. The molecule has 0 unspecified atom stereocenters. The van der Waals surface area contributed by atoms with Crippen molar-refractivity contribution in [1.29, 1.82) is 0 Å². The van der Waals surface area contributed by atoms with Gasteiger partial charge in [0.25, 0.3) is 0 Å². The Kier molecular flexibility index (Phi) is 5.21. The zero-order valence-corrected chi connectivity index (χ0v) is 14.0. The Morgan fingerprint density at radius 3 is 1.84 bits per heavy atom. The molecule has 7 nitrogen and oxygen atoms in total. The van der Waals surface area contributed by atoms with Gasteiger partial charge in [0.15, 0.2) is 0 Å². The lowest BCUT2D eigenvalue weighted by Crippen LogP contribution is -2.30. The number of urea groups is 1. The first kappa shape index (κ1) is 17.3. The SMILES string of the molecule is O=C(Nc1ccc(NC(=O)C2CCC(C(=O)O)CC2)cc1)NC1CC1. The Balaban J connectivity index is 1.46. The van der Waals surface area contributed by atoms with Gasteiger partial charge in [-0.05, 0) is 62.8 Å². The van der Waals surface area contributed by atoms with E-state index in [4.69, 9.17) is 5.11 Å². The van der Waals surface area contributed by atoms with E-state index in [0.717, 1.165) is 12.8 Å². The number of carbonyl (C=O) groups is 3. The Morgan fingerprint density at radius 2 is 1.32 bits per heavy atom. The summed E-state index contributed by atoms with van der Waals surface area (Å²) in [6, 6.07) is 7.05. The molecular weight excluding hydrogens is 322 g/mol. The maximum absolute atomic E-state index is 12.3. The van der Waals surface area contributed by atoms with Gasteiger partial charge in [0.2, 0.25) is 5.91 Å². The van der Waals surface area contributed by atoms with Crippen molar-refractivity contribution in [2.75, 3.05) is 10.6 Å². The minimum absolute atomic E-state index is 0.0731. The van der Waals surface area contributed by atoms with Crippen LogP contribution in [0.2, 0.25) is 0 Å². The summed E-state index contributed by atoms with van der Waals surface area (Å²) in [5, 5.41) is 17.5. The topological polar surface area (TPSA) is 108 Å². The van der Waals surface area contributed by atoms with Crippen molar-refractivity contribution < 1.29 is 19.5 Å². The van der Waals surface area contributed by atoms with E-state index in [-0.39, 0.29) is 23.8 Å². The van der Waals surface area contributed by atoms with Gasteiger partial charge in [-0.1, -0.05) is 0 Å². The highest BCUT2D eigenvalue weighted by molar-refractivity contribution is 5.93. The molecular formula is C18H23N3O4. The lowest BCUT2D eigenvalue weighted by atomic mass is 9.81. The first-order valence-corrected chi connectivity index (χ1v) is 8.72. The quantitative estimate of drug-likeness (QED) is 0.658. The molecule has 3 amide bonds. The number of aliphatic carboxylic acids is 1. The number of carbonyl (C=O) groups excluding carboxylic acids is 2. The average Bonchev–Trinajstić information content (AvgIpc) is 3.40. The predicted octanol–water partition coefficient (Wildman–Crippen LogP) is 2.80. The molecule has 1 aromatic rings. The lowest BCUT2D eigenvalue weighted by Gasteiger charge is -2.25. The molecule has 7 heteroatoms. The van der Waals surface area contributed by atoms with Gasteiger partial charge in [-0.15, -0.1) is 0 Å². The van der Waals surface area contributed by atoms with E-state index in [2.05, 4.69) is 16.0 Å². The number of anilines is 2. The fourth-order valence-corrected chi connectivity index (χ4v) is 3.06. The highest BCUT2D eigenvalue weighted by atomic mass is 16.4. The van der Waals surface area contributed by atoms with Crippen molar-refractivity contribution >= 4 is 29.3 Å². The minimum atomic E-state index is -0.771. The Labute approximate surface area is 146 Å². The molecule has 0 saturated heterocycles. The van der Waals surface area contributed by atoms with E-state index in [0.29, 0.717) is 43.1 Å². The predicted molar refractivity (Wildman–Crippen MR) is 93.3 cm³/mol. The molecule has 3 rings (SSSR count). The van der Waals surface area contributed by atoms with Crippen molar-refractivity contribution in [2.24, 2.45) is 11.8 Å². The fourth-order valence-electron chi connectivity index (χ4n) is 3.06. The molecule has 2 fully saturated rings. The summed E-state index contributed by atoms with van der Waals surface area (Å²) in [6.45, 7) is 0. The van der Waals surface area contributed by atoms with E-state index >= 15 is 0 Å². The van der Waals surface area contributed by atoms with E-state index < -0.39 is 5.97 Å². The standard InChI is InChI=1S/C18H23N3O4/c22-16(11-1-3-12(4-2-11)17(23)24)19-13-5-7-14(8-6-13)20-18(25)21-15-9-10-15/h5-8,11-12,15H,1-4,9-10H2,(H,19,22)(H,23,24)(H2,20,21,25). The van der Waals surface area contributed by atoms with Crippen molar-refractivity contribution in [3.05, 3.63) is 24.3 Å². The first-order valence-electron chi connectivity index (χ1n) is 8.72. The molecule has 0 heterocycles. The van der Waals surface area contributed by atoms with Gasteiger partial charge < -0.3 is 21.1 Å². The molecule has 0 atom stereocenters. The molecule has 0 aliphatic heterocycles. The molecule has 0 radical (unpaired) electrons. The van der Waals surface area contributed by atoms with Gasteiger partial charge in [0, 0.05) is 23.3 Å². The second-order valence-corrected chi connectivity index (χ2v) is 6.83. The van der Waals surface area contributed by atoms with Crippen LogP contribution < -0.4 is 16.0 Å². The fraction of sp³-hybridized carbons (Fsp3) is 0.500. The first-order chi connectivity index (χ1) is 12.0. The third kappa shape index (κ3) is 4.95. The molecule has 0 spiro atoms. The third-order valence-electron chi connectivity index (χ3n) is 4.77. The van der Waals surface area contributed by atoms with Crippen LogP contribution >= 0.6 is 0 Å². The van der Waals surface area contributed by atoms with Gasteiger partial charge >= 0.3 is 12.0 Å². The molecule has 2 saturated carbocycles. The second kappa shape index (κ2) is 7.55. The van der Waals surface area contributed by atoms with Gasteiger partial charge in [0.05, 0.1) is 5.92 Å². The smallest absolute Gasteiger partial charge is 0.319 e. The van der Waals surface area contributed by atoms with E-state index in [9.17, 15) is 14.4 Å². The zero-order chi connectivity index (χ0) is 17.8. The lowest BCUT2D eigenvalue weighted by molar-refractivity contribution is -0.143. The summed E-state index contributed by atoms with van der Waals surface area (Å²) in [6.07, 6.45) is 4.37. The zero-order valence-electron chi connectivity index (χ0n) is 14.0. The molecule has 25 heavy (non-hydrogen) atoms. The average molecular weight is 345 g/mol. The van der Waals surface area contributed by atoms with Crippen LogP contribution in [0.3, 0.4) is 0 Å². The van der Waals surface area contributed by atoms with Crippen LogP contribution in [0.25, 0.3) is 0 Å². The summed E-state index contributed by atoms with van der Waals surface area (Å²) in [5.74, 6) is -1.31. The summed E-state index contributed by atoms with van der Waals surface area (Å²) >= 11 is 0. The molecule has 0 aromatic heterocycles. The Morgan fingerprint density at radius 1 is 0.800 bits per heavy atom. The molecule has 4 N–H and O–H groups in total. The maximum Gasteiger partial charge on any atom is 0.319 e. The molecule has 2 aliphatic carbocycles. The number of amides is 3. The van der Waals surface area contributed by atoms with Crippen LogP contribution in [0, 0.1) is 11.8 Å². The van der Waals surface area contributed by atoms with E-state index in [1.807, 2.05) is 0 Å².